The van der Waals surface area contributed by atoms with E-state index in [4.69, 9.17) is 32.7 Å². The van der Waals surface area contributed by atoms with Gasteiger partial charge in [0.1, 0.15) is 5.75 Å². The fraction of sp³-hybridized carbons (Fsp3) is 0.682. The molecule has 0 aromatic heterocycles. The fourth-order valence-corrected chi connectivity index (χ4v) is 4.05. The zero-order valence-corrected chi connectivity index (χ0v) is 19.4. The third-order valence-corrected chi connectivity index (χ3v) is 6.55. The average Bonchev–Trinajstić information content (AvgIpc) is 3.12. The molecule has 1 heterocycles. The second-order valence-corrected chi connectivity index (χ2v) is 10.1. The highest BCUT2D eigenvalue weighted by Crippen LogP contribution is 2.37. The molecule has 2 fully saturated rings. The van der Waals surface area contributed by atoms with Crippen molar-refractivity contribution in [2.45, 2.75) is 64.6 Å². The van der Waals surface area contributed by atoms with Crippen molar-refractivity contribution < 1.29 is 14.3 Å². The van der Waals surface area contributed by atoms with E-state index < -0.39 is 0 Å². The number of nitrogens with zero attached hydrogens (tertiary/aromatic N) is 2. The lowest BCUT2D eigenvalue weighted by Crippen LogP contribution is -2.44. The Morgan fingerprint density at radius 3 is 2.45 bits per heavy atom. The molecule has 3 rings (SSSR count). The van der Waals surface area contributed by atoms with Crippen molar-refractivity contribution in [3.8, 4) is 5.75 Å². The predicted molar refractivity (Wildman–Crippen MR) is 117 cm³/mol. The summed E-state index contributed by atoms with van der Waals surface area (Å²) in [6, 6.07) is 3.76. The van der Waals surface area contributed by atoms with Crippen molar-refractivity contribution in [2.24, 2.45) is 5.92 Å². The summed E-state index contributed by atoms with van der Waals surface area (Å²) < 4.78 is 11.5. The normalized spacial score (nSPS) is 22.3. The Hall–Kier alpha value is -1.17. The molecule has 1 saturated carbocycles. The summed E-state index contributed by atoms with van der Waals surface area (Å²) in [5.74, 6) is 0.954. The molecule has 0 spiro atoms. The minimum Gasteiger partial charge on any atom is -0.489 e. The minimum absolute atomic E-state index is 0.0806. The van der Waals surface area contributed by atoms with Crippen LogP contribution in [0.15, 0.2) is 12.1 Å². The predicted octanol–water partition coefficient (Wildman–Crippen LogP) is 5.61. The maximum Gasteiger partial charge on any atom is 0.409 e. The molecule has 1 amide bonds. The van der Waals surface area contributed by atoms with Gasteiger partial charge in [0.05, 0.1) is 17.7 Å². The summed E-state index contributed by atoms with van der Waals surface area (Å²) in [7, 11) is 1.76. The first-order valence-electron chi connectivity index (χ1n) is 10.4. The molecule has 0 radical (unpaired) electrons. The van der Waals surface area contributed by atoms with E-state index in [0.29, 0.717) is 28.3 Å². The van der Waals surface area contributed by atoms with Crippen molar-refractivity contribution in [3.05, 3.63) is 27.7 Å². The van der Waals surface area contributed by atoms with Gasteiger partial charge in [-0.2, -0.15) is 0 Å². The number of hydrogen-bond acceptors (Lipinski definition) is 4. The van der Waals surface area contributed by atoms with Crippen LogP contribution in [-0.2, 0) is 11.3 Å². The van der Waals surface area contributed by atoms with E-state index in [0.717, 1.165) is 38.0 Å². The highest BCUT2D eigenvalue weighted by molar-refractivity contribution is 6.34. The Balaban J connectivity index is 1.45. The van der Waals surface area contributed by atoms with E-state index in [-0.39, 0.29) is 17.7 Å². The third-order valence-electron chi connectivity index (χ3n) is 5.90. The molecule has 2 aliphatic rings. The first kappa shape index (κ1) is 22.5. The smallest absolute Gasteiger partial charge is 0.409 e. The second kappa shape index (κ2) is 9.32. The van der Waals surface area contributed by atoms with Gasteiger partial charge in [0.25, 0.3) is 0 Å². The lowest BCUT2D eigenvalue weighted by Gasteiger charge is -2.36. The van der Waals surface area contributed by atoms with Gasteiger partial charge in [-0.15, -0.1) is 0 Å². The molecule has 5 nitrogen and oxygen atoms in total. The van der Waals surface area contributed by atoms with Crippen LogP contribution < -0.4 is 4.74 Å². The maximum atomic E-state index is 12.1. The average molecular weight is 443 g/mol. The van der Waals surface area contributed by atoms with Crippen LogP contribution in [-0.4, -0.2) is 54.3 Å². The Morgan fingerprint density at radius 2 is 1.83 bits per heavy atom. The van der Waals surface area contributed by atoms with Crippen molar-refractivity contribution in [1.82, 2.24) is 9.80 Å². The number of benzene rings is 1. The number of likely N-dealkylation sites (tertiary alicyclic amines) is 1. The van der Waals surface area contributed by atoms with Crippen molar-refractivity contribution in [3.63, 3.8) is 0 Å². The number of carbonyl (C=O) groups is 1. The number of halogens is 2. The first-order chi connectivity index (χ1) is 13.6. The SMILES string of the molecule is CN(C(=O)OCC1CC(Oc2cc(Cl)c(CN3CCCC3)cc2Cl)C1)C(C)(C)C. The van der Waals surface area contributed by atoms with Crippen LogP contribution in [0.25, 0.3) is 0 Å². The molecule has 0 atom stereocenters. The van der Waals surface area contributed by atoms with Crippen LogP contribution in [0.4, 0.5) is 4.79 Å². The van der Waals surface area contributed by atoms with Crippen LogP contribution in [0.5, 0.6) is 5.75 Å². The van der Waals surface area contributed by atoms with Crippen LogP contribution in [0.2, 0.25) is 10.0 Å². The Morgan fingerprint density at radius 1 is 1.17 bits per heavy atom. The Kier molecular flexibility index (Phi) is 7.23. The Labute approximate surface area is 184 Å². The van der Waals surface area contributed by atoms with Gasteiger partial charge in [0, 0.05) is 36.1 Å². The molecule has 1 aliphatic heterocycles. The number of amides is 1. The maximum absolute atomic E-state index is 12.1. The van der Waals surface area contributed by atoms with E-state index in [9.17, 15) is 4.79 Å². The van der Waals surface area contributed by atoms with Gasteiger partial charge >= 0.3 is 6.09 Å². The summed E-state index contributed by atoms with van der Waals surface area (Å²) >= 11 is 12.9. The van der Waals surface area contributed by atoms with E-state index in [1.165, 1.54) is 12.8 Å². The molecular weight excluding hydrogens is 411 g/mol. The molecule has 1 aromatic rings. The van der Waals surface area contributed by atoms with E-state index in [1.807, 2.05) is 32.9 Å². The van der Waals surface area contributed by atoms with Gasteiger partial charge in [-0.05, 0) is 71.2 Å². The zero-order chi connectivity index (χ0) is 21.2. The molecular formula is C22H32Cl2N2O3. The standard InChI is InChI=1S/C22H32Cl2N2O3/c1-22(2,3)25(4)21(27)28-14-15-9-17(10-15)29-20-12-18(23)16(11-19(20)24)13-26-7-5-6-8-26/h11-12,15,17H,5-10,13-14H2,1-4H3. The molecule has 1 aliphatic carbocycles. The van der Waals surface area contributed by atoms with Gasteiger partial charge < -0.3 is 14.4 Å². The molecule has 162 valence electrons. The molecule has 0 bridgehead atoms. The van der Waals surface area contributed by atoms with Crippen molar-refractivity contribution in [2.75, 3.05) is 26.7 Å². The summed E-state index contributed by atoms with van der Waals surface area (Å²) in [5, 5.41) is 1.30. The largest absolute Gasteiger partial charge is 0.489 e. The summed E-state index contributed by atoms with van der Waals surface area (Å²) in [5.41, 5.74) is 0.798. The summed E-state index contributed by atoms with van der Waals surface area (Å²) in [4.78, 5) is 16.1. The lowest BCUT2D eigenvalue weighted by atomic mass is 9.83. The van der Waals surface area contributed by atoms with E-state index >= 15 is 0 Å². The highest BCUT2D eigenvalue weighted by atomic mass is 35.5. The molecule has 7 heteroatoms. The topological polar surface area (TPSA) is 42.0 Å². The number of carbonyl (C=O) groups excluding carboxylic acids is 1. The molecule has 29 heavy (non-hydrogen) atoms. The van der Waals surface area contributed by atoms with Crippen LogP contribution in [0.3, 0.4) is 0 Å². The van der Waals surface area contributed by atoms with Gasteiger partial charge in [0.2, 0.25) is 0 Å². The van der Waals surface area contributed by atoms with Gasteiger partial charge in [-0.25, -0.2) is 4.79 Å². The monoisotopic (exact) mass is 442 g/mol. The fourth-order valence-electron chi connectivity index (χ4n) is 3.61. The molecule has 0 N–H and O–H groups in total. The van der Waals surface area contributed by atoms with Gasteiger partial charge in [-0.1, -0.05) is 23.2 Å². The molecule has 1 saturated heterocycles. The lowest BCUT2D eigenvalue weighted by molar-refractivity contribution is 0.00986. The van der Waals surface area contributed by atoms with Crippen molar-refractivity contribution in [1.29, 1.82) is 0 Å². The highest BCUT2D eigenvalue weighted by Gasteiger charge is 2.33. The van der Waals surface area contributed by atoms with Crippen molar-refractivity contribution >= 4 is 29.3 Å². The summed E-state index contributed by atoms with van der Waals surface area (Å²) in [6.45, 7) is 9.42. The van der Waals surface area contributed by atoms with E-state index in [1.54, 1.807) is 11.9 Å². The number of rotatable bonds is 6. The minimum atomic E-state index is -0.287. The van der Waals surface area contributed by atoms with Crippen LogP contribution in [0.1, 0.15) is 52.0 Å². The number of ether oxygens (including phenoxy) is 2. The van der Waals surface area contributed by atoms with Gasteiger partial charge in [0.15, 0.2) is 0 Å². The molecule has 1 aromatic carbocycles. The van der Waals surface area contributed by atoms with Gasteiger partial charge in [-0.3, -0.25) is 4.90 Å². The second-order valence-electron chi connectivity index (χ2n) is 9.24. The van der Waals surface area contributed by atoms with Crippen LogP contribution in [0, 0.1) is 5.92 Å². The molecule has 0 unspecified atom stereocenters. The Bertz CT molecular complexity index is 724. The number of hydrogen-bond donors (Lipinski definition) is 0. The summed E-state index contributed by atoms with van der Waals surface area (Å²) in [6.07, 6.45) is 3.97. The quantitative estimate of drug-likeness (QED) is 0.573. The third kappa shape index (κ3) is 5.93. The van der Waals surface area contributed by atoms with Crippen LogP contribution >= 0.6 is 23.2 Å². The zero-order valence-electron chi connectivity index (χ0n) is 17.8. The first-order valence-corrected chi connectivity index (χ1v) is 11.2. The van der Waals surface area contributed by atoms with E-state index in [2.05, 4.69) is 4.90 Å².